The molecule has 0 aromatic heterocycles. The summed E-state index contributed by atoms with van der Waals surface area (Å²) in [5.41, 5.74) is 7.75. The lowest BCUT2D eigenvalue weighted by Crippen LogP contribution is -2.34. The number of nitrogens with zero attached hydrogens (tertiary/aromatic N) is 1. The van der Waals surface area contributed by atoms with Gasteiger partial charge >= 0.3 is 0 Å². The number of nitrogens with two attached hydrogens (primary N) is 1. The zero-order valence-electron chi connectivity index (χ0n) is 12.7. The Bertz CT molecular complexity index is 511. The Morgan fingerprint density at radius 2 is 2.24 bits per heavy atom. The molecule has 0 radical (unpaired) electrons. The van der Waals surface area contributed by atoms with E-state index < -0.39 is 0 Å². The Balaban J connectivity index is 1.94. The fourth-order valence-electron chi connectivity index (χ4n) is 2.59. The van der Waals surface area contributed by atoms with Crippen LogP contribution >= 0.6 is 0 Å². The zero-order valence-corrected chi connectivity index (χ0v) is 12.7. The molecule has 2 N–H and O–H groups in total. The van der Waals surface area contributed by atoms with E-state index in [1.54, 1.807) is 0 Å². The SMILES string of the molecule is CCN(C(=O)COc1cccc(CN)c1)C1=CCCCC1. The lowest BCUT2D eigenvalue weighted by atomic mass is 10.0. The maximum Gasteiger partial charge on any atom is 0.264 e. The number of hydrogen-bond acceptors (Lipinski definition) is 3. The van der Waals surface area contributed by atoms with Crippen LogP contribution in [-0.2, 0) is 11.3 Å². The second-order valence-electron chi connectivity index (χ2n) is 5.22. The minimum atomic E-state index is 0.0174. The van der Waals surface area contributed by atoms with Crippen LogP contribution in [0.2, 0.25) is 0 Å². The smallest absolute Gasteiger partial charge is 0.264 e. The molecule has 1 amide bonds. The van der Waals surface area contributed by atoms with Gasteiger partial charge in [-0.3, -0.25) is 4.79 Å². The molecule has 0 heterocycles. The topological polar surface area (TPSA) is 55.6 Å². The third-order valence-electron chi connectivity index (χ3n) is 3.73. The van der Waals surface area contributed by atoms with E-state index in [0.717, 1.165) is 30.5 Å². The van der Waals surface area contributed by atoms with Gasteiger partial charge < -0.3 is 15.4 Å². The van der Waals surface area contributed by atoms with Crippen molar-refractivity contribution in [2.75, 3.05) is 13.2 Å². The van der Waals surface area contributed by atoms with Crippen molar-refractivity contribution < 1.29 is 9.53 Å². The van der Waals surface area contributed by atoms with Crippen LogP contribution in [0.3, 0.4) is 0 Å². The number of carbonyl (C=O) groups excluding carboxylic acids is 1. The number of likely N-dealkylation sites (N-methyl/N-ethyl adjacent to an activating group) is 1. The van der Waals surface area contributed by atoms with Gasteiger partial charge in [-0.1, -0.05) is 18.2 Å². The van der Waals surface area contributed by atoms with Gasteiger partial charge in [0.2, 0.25) is 0 Å². The normalized spacial score (nSPS) is 14.5. The minimum absolute atomic E-state index is 0.0174. The first-order valence-electron chi connectivity index (χ1n) is 7.65. The van der Waals surface area contributed by atoms with Crippen LogP contribution in [0.5, 0.6) is 5.75 Å². The highest BCUT2D eigenvalue weighted by Gasteiger charge is 2.18. The predicted molar refractivity (Wildman–Crippen MR) is 83.8 cm³/mol. The summed E-state index contributed by atoms with van der Waals surface area (Å²) >= 11 is 0. The molecule has 0 unspecified atom stereocenters. The molecular weight excluding hydrogens is 264 g/mol. The molecule has 0 saturated carbocycles. The van der Waals surface area contributed by atoms with Gasteiger partial charge in [0.15, 0.2) is 6.61 Å². The average molecular weight is 288 g/mol. The highest BCUT2D eigenvalue weighted by molar-refractivity contribution is 5.79. The summed E-state index contributed by atoms with van der Waals surface area (Å²) in [4.78, 5) is 14.2. The molecule has 0 atom stereocenters. The maximum absolute atomic E-state index is 12.3. The first-order chi connectivity index (χ1) is 10.2. The van der Waals surface area contributed by atoms with Crippen LogP contribution in [0.1, 0.15) is 38.2 Å². The number of carbonyl (C=O) groups is 1. The lowest BCUT2D eigenvalue weighted by Gasteiger charge is -2.26. The Kier molecular flexibility index (Phi) is 5.81. The highest BCUT2D eigenvalue weighted by Crippen LogP contribution is 2.21. The molecule has 21 heavy (non-hydrogen) atoms. The van der Waals surface area contributed by atoms with Crippen LogP contribution < -0.4 is 10.5 Å². The number of amides is 1. The summed E-state index contributed by atoms with van der Waals surface area (Å²) in [6, 6.07) is 7.56. The number of rotatable bonds is 6. The Labute approximate surface area is 126 Å². The van der Waals surface area contributed by atoms with Crippen LogP contribution in [-0.4, -0.2) is 24.0 Å². The van der Waals surface area contributed by atoms with Gasteiger partial charge in [0.25, 0.3) is 5.91 Å². The van der Waals surface area contributed by atoms with Crippen molar-refractivity contribution in [2.45, 2.75) is 39.2 Å². The van der Waals surface area contributed by atoms with Crippen LogP contribution in [0, 0.1) is 0 Å². The zero-order chi connectivity index (χ0) is 15.1. The highest BCUT2D eigenvalue weighted by atomic mass is 16.5. The summed E-state index contributed by atoms with van der Waals surface area (Å²) in [5, 5.41) is 0. The van der Waals surface area contributed by atoms with Crippen molar-refractivity contribution in [3.05, 3.63) is 41.6 Å². The minimum Gasteiger partial charge on any atom is -0.484 e. The molecule has 0 saturated heterocycles. The van der Waals surface area contributed by atoms with Crippen molar-refractivity contribution >= 4 is 5.91 Å². The first-order valence-corrected chi connectivity index (χ1v) is 7.65. The average Bonchev–Trinajstić information content (AvgIpc) is 2.55. The van der Waals surface area contributed by atoms with Gasteiger partial charge in [-0.15, -0.1) is 0 Å². The monoisotopic (exact) mass is 288 g/mol. The molecule has 0 bridgehead atoms. The van der Waals surface area contributed by atoms with Crippen LogP contribution in [0.25, 0.3) is 0 Å². The summed E-state index contributed by atoms with van der Waals surface area (Å²) in [6.45, 7) is 3.23. The molecule has 4 nitrogen and oxygen atoms in total. The molecule has 4 heteroatoms. The van der Waals surface area contributed by atoms with E-state index in [1.165, 1.54) is 6.42 Å². The van der Waals surface area contributed by atoms with Gasteiger partial charge in [-0.25, -0.2) is 0 Å². The first kappa shape index (κ1) is 15.6. The van der Waals surface area contributed by atoms with Crippen LogP contribution in [0.15, 0.2) is 36.0 Å². The summed E-state index contributed by atoms with van der Waals surface area (Å²) in [5.74, 6) is 0.712. The van der Waals surface area contributed by atoms with Crippen molar-refractivity contribution in [1.82, 2.24) is 4.90 Å². The molecule has 0 aliphatic heterocycles. The van der Waals surface area contributed by atoms with Crippen LogP contribution in [0.4, 0.5) is 0 Å². The van der Waals surface area contributed by atoms with E-state index in [4.69, 9.17) is 10.5 Å². The van der Waals surface area contributed by atoms with Gasteiger partial charge in [-0.2, -0.15) is 0 Å². The van der Waals surface area contributed by atoms with E-state index in [1.807, 2.05) is 36.1 Å². The number of hydrogen-bond donors (Lipinski definition) is 1. The number of ether oxygens (including phenoxy) is 1. The number of allylic oxidation sites excluding steroid dienone is 2. The van der Waals surface area contributed by atoms with E-state index in [0.29, 0.717) is 18.8 Å². The predicted octanol–water partition coefficient (Wildman–Crippen LogP) is 2.83. The second kappa shape index (κ2) is 7.84. The Hall–Kier alpha value is -1.81. The third-order valence-corrected chi connectivity index (χ3v) is 3.73. The summed E-state index contributed by atoms with van der Waals surface area (Å²) in [7, 11) is 0. The van der Waals surface area contributed by atoms with Crippen molar-refractivity contribution in [3.8, 4) is 5.75 Å². The quantitative estimate of drug-likeness (QED) is 0.875. The molecule has 114 valence electrons. The van der Waals surface area contributed by atoms with Gasteiger partial charge in [0, 0.05) is 18.8 Å². The summed E-state index contributed by atoms with van der Waals surface area (Å²) < 4.78 is 5.61. The lowest BCUT2D eigenvalue weighted by molar-refractivity contribution is -0.131. The molecule has 1 aromatic carbocycles. The van der Waals surface area contributed by atoms with E-state index in [2.05, 4.69) is 6.08 Å². The standard InChI is InChI=1S/C17H24N2O2/c1-2-19(15-8-4-3-5-9-15)17(20)13-21-16-10-6-7-14(11-16)12-18/h6-8,10-11H,2-5,9,12-13,18H2,1H3. The van der Waals surface area contributed by atoms with Gasteiger partial charge in [0.05, 0.1) is 0 Å². The molecule has 0 spiro atoms. The molecular formula is C17H24N2O2. The number of benzene rings is 1. The fraction of sp³-hybridized carbons (Fsp3) is 0.471. The molecule has 1 aliphatic carbocycles. The third kappa shape index (κ3) is 4.33. The van der Waals surface area contributed by atoms with Gasteiger partial charge in [-0.05, 0) is 50.3 Å². The van der Waals surface area contributed by atoms with E-state index in [9.17, 15) is 4.79 Å². The van der Waals surface area contributed by atoms with Gasteiger partial charge in [0.1, 0.15) is 5.75 Å². The Morgan fingerprint density at radius 3 is 2.90 bits per heavy atom. The maximum atomic E-state index is 12.3. The summed E-state index contributed by atoms with van der Waals surface area (Å²) in [6.07, 6.45) is 6.62. The largest absolute Gasteiger partial charge is 0.484 e. The molecule has 1 aromatic rings. The molecule has 0 fully saturated rings. The second-order valence-corrected chi connectivity index (χ2v) is 5.22. The van der Waals surface area contributed by atoms with Crippen molar-refractivity contribution in [1.29, 1.82) is 0 Å². The van der Waals surface area contributed by atoms with E-state index >= 15 is 0 Å². The van der Waals surface area contributed by atoms with Crippen molar-refractivity contribution in [3.63, 3.8) is 0 Å². The molecule has 2 rings (SSSR count). The Morgan fingerprint density at radius 1 is 1.38 bits per heavy atom. The fourth-order valence-corrected chi connectivity index (χ4v) is 2.59. The van der Waals surface area contributed by atoms with E-state index in [-0.39, 0.29) is 12.5 Å². The molecule has 1 aliphatic rings. The van der Waals surface area contributed by atoms with Crippen molar-refractivity contribution in [2.24, 2.45) is 5.73 Å².